The summed E-state index contributed by atoms with van der Waals surface area (Å²) in [7, 11) is 0. The van der Waals surface area contributed by atoms with Gasteiger partial charge >= 0.3 is 0 Å². The molecule has 2 aromatic heterocycles. The van der Waals surface area contributed by atoms with Crippen LogP contribution in [0.15, 0.2) is 42.6 Å². The Morgan fingerprint density at radius 2 is 1.81 bits per heavy atom. The number of thiazole rings is 1. The van der Waals surface area contributed by atoms with Crippen molar-refractivity contribution in [2.45, 2.75) is 13.8 Å². The molecule has 1 fully saturated rings. The third-order valence-electron chi connectivity index (χ3n) is 5.82. The highest BCUT2D eigenvalue weighted by atomic mass is 32.1. The Kier molecular flexibility index (Phi) is 5.82. The summed E-state index contributed by atoms with van der Waals surface area (Å²) in [4.78, 5) is 31.7. The van der Waals surface area contributed by atoms with Crippen LogP contribution in [0.1, 0.15) is 21.6 Å². The van der Waals surface area contributed by atoms with E-state index in [1.807, 2.05) is 24.3 Å². The Bertz CT molecular complexity index is 1240. The van der Waals surface area contributed by atoms with Gasteiger partial charge in [-0.2, -0.15) is 0 Å². The smallest absolute Gasteiger partial charge is 0.280 e. The topological polar surface area (TPSA) is 71.5 Å². The van der Waals surface area contributed by atoms with E-state index in [0.717, 1.165) is 54.1 Å². The molecule has 0 radical (unpaired) electrons. The van der Waals surface area contributed by atoms with Crippen LogP contribution in [0, 0.1) is 13.8 Å². The zero-order chi connectivity index (χ0) is 22.1. The SMILES string of the molecule is Cc1ccc(C)c2sc(N(CCN3CCOCC3)C(=O)c3cnc4ccccc4n3)nc12. The van der Waals surface area contributed by atoms with Gasteiger partial charge in [0, 0.05) is 26.2 Å². The zero-order valence-corrected chi connectivity index (χ0v) is 19.1. The van der Waals surface area contributed by atoms with Crippen molar-refractivity contribution >= 4 is 43.6 Å². The summed E-state index contributed by atoms with van der Waals surface area (Å²) in [6.07, 6.45) is 1.57. The van der Waals surface area contributed by atoms with Crippen LogP contribution in [0.2, 0.25) is 0 Å². The maximum absolute atomic E-state index is 13.7. The summed E-state index contributed by atoms with van der Waals surface area (Å²) in [6.45, 7) is 8.62. The minimum atomic E-state index is -0.175. The number of nitrogens with zero attached hydrogens (tertiary/aromatic N) is 5. The number of fused-ring (bicyclic) bond motifs is 2. The van der Waals surface area contributed by atoms with Crippen molar-refractivity contribution in [1.29, 1.82) is 0 Å². The standard InChI is InChI=1S/C24H25N5O2S/c1-16-7-8-17(2)22-21(16)27-24(32-22)29(10-9-28-11-13-31-14-12-28)23(30)20-15-25-18-5-3-4-6-19(18)26-20/h3-8,15H,9-14H2,1-2H3. The lowest BCUT2D eigenvalue weighted by molar-refractivity contribution is 0.0391. The number of amides is 1. The molecule has 5 rings (SSSR count). The second-order valence-corrected chi connectivity index (χ2v) is 9.01. The van der Waals surface area contributed by atoms with Crippen LogP contribution in [-0.4, -0.2) is 65.2 Å². The molecule has 7 nitrogen and oxygen atoms in total. The molecule has 0 aliphatic carbocycles. The maximum Gasteiger partial charge on any atom is 0.280 e. The van der Waals surface area contributed by atoms with Crippen molar-refractivity contribution in [1.82, 2.24) is 19.9 Å². The van der Waals surface area contributed by atoms with Crippen LogP contribution in [0.3, 0.4) is 0 Å². The predicted molar refractivity (Wildman–Crippen MR) is 128 cm³/mol. The molecule has 1 aliphatic rings. The average Bonchev–Trinajstić information content (AvgIpc) is 3.28. The van der Waals surface area contributed by atoms with Crippen LogP contribution >= 0.6 is 11.3 Å². The van der Waals surface area contributed by atoms with Crippen molar-refractivity contribution in [2.24, 2.45) is 0 Å². The minimum Gasteiger partial charge on any atom is -0.379 e. The lowest BCUT2D eigenvalue weighted by Gasteiger charge is -2.29. The first-order valence-corrected chi connectivity index (χ1v) is 11.6. The Hall–Kier alpha value is -2.94. The van der Waals surface area contributed by atoms with Gasteiger partial charge in [-0.25, -0.2) is 9.97 Å². The van der Waals surface area contributed by atoms with Gasteiger partial charge in [-0.3, -0.25) is 19.6 Å². The third-order valence-corrected chi connectivity index (χ3v) is 7.03. The zero-order valence-electron chi connectivity index (χ0n) is 18.2. The Balaban J connectivity index is 1.51. The molecule has 0 spiro atoms. The highest BCUT2D eigenvalue weighted by Crippen LogP contribution is 2.33. The Labute approximate surface area is 190 Å². The first kappa shape index (κ1) is 20.9. The molecular formula is C24H25N5O2S. The number of aryl methyl sites for hydroxylation is 2. The van der Waals surface area contributed by atoms with Gasteiger partial charge in [-0.15, -0.1) is 0 Å². The summed E-state index contributed by atoms with van der Waals surface area (Å²) in [5, 5.41) is 0.700. The maximum atomic E-state index is 13.7. The molecule has 3 heterocycles. The molecule has 8 heteroatoms. The number of aromatic nitrogens is 3. The summed E-state index contributed by atoms with van der Waals surface area (Å²) >= 11 is 1.56. The van der Waals surface area contributed by atoms with Gasteiger partial charge in [-0.1, -0.05) is 35.6 Å². The molecule has 0 atom stereocenters. The number of morpholine rings is 1. The molecule has 1 amide bonds. The minimum absolute atomic E-state index is 0.175. The summed E-state index contributed by atoms with van der Waals surface area (Å²) in [5.74, 6) is -0.175. The fourth-order valence-electron chi connectivity index (χ4n) is 3.91. The van der Waals surface area contributed by atoms with Gasteiger partial charge in [0.15, 0.2) is 5.13 Å². The van der Waals surface area contributed by atoms with Crippen LogP contribution < -0.4 is 4.90 Å². The van der Waals surface area contributed by atoms with Crippen LogP contribution in [0.4, 0.5) is 5.13 Å². The van der Waals surface area contributed by atoms with Gasteiger partial charge in [0.05, 0.1) is 40.7 Å². The molecule has 164 valence electrons. The van der Waals surface area contributed by atoms with E-state index < -0.39 is 0 Å². The lowest BCUT2D eigenvalue weighted by Crippen LogP contribution is -2.43. The largest absolute Gasteiger partial charge is 0.379 e. The van der Waals surface area contributed by atoms with E-state index in [1.165, 1.54) is 5.56 Å². The number of ether oxygens (including phenoxy) is 1. The van der Waals surface area contributed by atoms with Crippen molar-refractivity contribution in [3.63, 3.8) is 0 Å². The van der Waals surface area contributed by atoms with Crippen LogP contribution in [0.25, 0.3) is 21.3 Å². The number of para-hydroxylation sites is 2. The molecule has 0 saturated carbocycles. The van der Waals surface area contributed by atoms with E-state index in [4.69, 9.17) is 9.72 Å². The third kappa shape index (κ3) is 4.09. The van der Waals surface area contributed by atoms with Gasteiger partial charge in [0.1, 0.15) is 5.69 Å². The number of hydrogen-bond acceptors (Lipinski definition) is 7. The molecule has 1 aliphatic heterocycles. The molecule has 4 aromatic rings. The van der Waals surface area contributed by atoms with Crippen molar-refractivity contribution in [3.8, 4) is 0 Å². The summed E-state index contributed by atoms with van der Waals surface area (Å²) in [6, 6.07) is 11.8. The first-order valence-electron chi connectivity index (χ1n) is 10.8. The van der Waals surface area contributed by atoms with E-state index in [0.29, 0.717) is 22.9 Å². The fourth-order valence-corrected chi connectivity index (χ4v) is 5.05. The molecule has 2 aromatic carbocycles. The normalized spacial score (nSPS) is 14.8. The number of hydrogen-bond donors (Lipinski definition) is 0. The second-order valence-electron chi connectivity index (χ2n) is 8.03. The molecule has 0 N–H and O–H groups in total. The number of carbonyl (C=O) groups is 1. The highest BCUT2D eigenvalue weighted by molar-refractivity contribution is 7.22. The van der Waals surface area contributed by atoms with Gasteiger partial charge in [0.25, 0.3) is 5.91 Å². The van der Waals surface area contributed by atoms with Gasteiger partial charge < -0.3 is 4.74 Å². The van der Waals surface area contributed by atoms with Crippen molar-refractivity contribution < 1.29 is 9.53 Å². The van der Waals surface area contributed by atoms with Crippen molar-refractivity contribution in [2.75, 3.05) is 44.3 Å². The first-order chi connectivity index (χ1) is 15.6. The quantitative estimate of drug-likeness (QED) is 0.463. The van der Waals surface area contributed by atoms with E-state index in [-0.39, 0.29) is 5.91 Å². The monoisotopic (exact) mass is 447 g/mol. The molecule has 32 heavy (non-hydrogen) atoms. The van der Waals surface area contributed by atoms with E-state index in [9.17, 15) is 4.79 Å². The van der Waals surface area contributed by atoms with E-state index in [1.54, 1.807) is 22.4 Å². The Morgan fingerprint density at radius 1 is 1.06 bits per heavy atom. The van der Waals surface area contributed by atoms with E-state index >= 15 is 0 Å². The summed E-state index contributed by atoms with van der Waals surface area (Å²) < 4.78 is 6.58. The Morgan fingerprint density at radius 3 is 2.59 bits per heavy atom. The molecule has 0 bridgehead atoms. The molecule has 1 saturated heterocycles. The fraction of sp³-hybridized carbons (Fsp3) is 0.333. The van der Waals surface area contributed by atoms with Crippen molar-refractivity contribution in [3.05, 3.63) is 59.4 Å². The van der Waals surface area contributed by atoms with Crippen LogP contribution in [0.5, 0.6) is 0 Å². The average molecular weight is 448 g/mol. The number of anilines is 1. The lowest BCUT2D eigenvalue weighted by atomic mass is 10.1. The number of carbonyl (C=O) groups excluding carboxylic acids is 1. The van der Waals surface area contributed by atoms with E-state index in [2.05, 4.69) is 40.8 Å². The second kappa shape index (κ2) is 8.90. The summed E-state index contributed by atoms with van der Waals surface area (Å²) in [5.41, 5.74) is 5.05. The van der Waals surface area contributed by atoms with Crippen LogP contribution in [-0.2, 0) is 4.74 Å². The van der Waals surface area contributed by atoms with Gasteiger partial charge in [0.2, 0.25) is 0 Å². The van der Waals surface area contributed by atoms with Gasteiger partial charge in [-0.05, 0) is 37.1 Å². The predicted octanol–water partition coefficient (Wildman–Crippen LogP) is 3.84. The number of benzene rings is 2. The highest BCUT2D eigenvalue weighted by Gasteiger charge is 2.25. The number of rotatable bonds is 5. The molecule has 0 unspecified atom stereocenters. The molecular weight excluding hydrogens is 422 g/mol.